The van der Waals surface area contributed by atoms with Gasteiger partial charge in [-0.3, -0.25) is 14.5 Å². The first-order chi connectivity index (χ1) is 11.4. The Bertz CT molecular complexity index is 723. The van der Waals surface area contributed by atoms with Crippen molar-refractivity contribution in [2.45, 2.75) is 50.6 Å². The van der Waals surface area contributed by atoms with Gasteiger partial charge < -0.3 is 14.7 Å². The maximum atomic E-state index is 12.8. The van der Waals surface area contributed by atoms with Gasteiger partial charge >= 0.3 is 6.03 Å². The van der Waals surface area contributed by atoms with Crippen molar-refractivity contribution < 1.29 is 18.9 Å². The average Bonchev–Trinajstić information content (AvgIpc) is 3.01. The summed E-state index contributed by atoms with van der Waals surface area (Å²) in [5, 5.41) is 6.75. The molecule has 0 aromatic carbocycles. The molecule has 2 aliphatic heterocycles. The zero-order chi connectivity index (χ0) is 17.1. The first-order valence-corrected chi connectivity index (χ1v) is 8.32. The van der Waals surface area contributed by atoms with Gasteiger partial charge in [0.2, 0.25) is 0 Å². The smallest absolute Gasteiger partial charge is 0.325 e. The third-order valence-corrected chi connectivity index (χ3v) is 5.06. The van der Waals surface area contributed by atoms with E-state index >= 15 is 0 Å². The van der Waals surface area contributed by atoms with E-state index in [1.54, 1.807) is 18.7 Å². The van der Waals surface area contributed by atoms with Crippen LogP contribution in [0.25, 0.3) is 0 Å². The molecule has 0 radical (unpaired) electrons. The second kappa shape index (κ2) is 5.06. The summed E-state index contributed by atoms with van der Waals surface area (Å²) in [5.41, 5.74) is 0.201. The summed E-state index contributed by atoms with van der Waals surface area (Å²) in [7, 11) is 0. The lowest BCUT2D eigenvalue weighted by atomic mass is 9.98. The molecular weight excluding hydrogens is 312 g/mol. The van der Waals surface area contributed by atoms with Crippen LogP contribution in [0.2, 0.25) is 0 Å². The van der Waals surface area contributed by atoms with Gasteiger partial charge in [0.05, 0.1) is 12.2 Å². The van der Waals surface area contributed by atoms with Crippen molar-refractivity contribution in [3.8, 4) is 0 Å². The third-order valence-electron chi connectivity index (χ3n) is 5.06. The molecule has 1 spiro atoms. The second-order valence-electron chi connectivity index (χ2n) is 7.15. The van der Waals surface area contributed by atoms with Crippen molar-refractivity contribution >= 4 is 17.8 Å². The van der Waals surface area contributed by atoms with E-state index in [1.807, 2.05) is 0 Å². The minimum absolute atomic E-state index is 0.180. The van der Waals surface area contributed by atoms with Crippen molar-refractivity contribution in [2.75, 3.05) is 13.1 Å². The van der Waals surface area contributed by atoms with E-state index in [1.165, 1.54) is 11.2 Å². The number of aromatic nitrogens is 1. The van der Waals surface area contributed by atoms with Crippen LogP contribution in [0.1, 0.15) is 55.1 Å². The summed E-state index contributed by atoms with van der Waals surface area (Å²) in [6.07, 6.45) is 3.86. The number of likely N-dealkylation sites (tertiary alicyclic amines) is 1. The summed E-state index contributed by atoms with van der Waals surface area (Å²) >= 11 is 0. The molecule has 1 aromatic heterocycles. The fourth-order valence-electron chi connectivity index (χ4n) is 3.60. The van der Waals surface area contributed by atoms with Crippen LogP contribution >= 0.6 is 0 Å². The van der Waals surface area contributed by atoms with E-state index in [2.05, 4.69) is 10.5 Å². The number of rotatable bonds is 3. The predicted molar refractivity (Wildman–Crippen MR) is 82.2 cm³/mol. The van der Waals surface area contributed by atoms with Crippen molar-refractivity contribution in [2.24, 2.45) is 0 Å². The van der Waals surface area contributed by atoms with E-state index in [0.717, 1.165) is 12.8 Å². The van der Waals surface area contributed by atoms with Gasteiger partial charge in [0, 0.05) is 18.5 Å². The monoisotopic (exact) mass is 332 g/mol. The molecule has 24 heavy (non-hydrogen) atoms. The van der Waals surface area contributed by atoms with Crippen LogP contribution in [-0.2, 0) is 4.79 Å². The number of urea groups is 1. The van der Waals surface area contributed by atoms with Gasteiger partial charge in [-0.15, -0.1) is 0 Å². The van der Waals surface area contributed by atoms with Gasteiger partial charge in [-0.05, 0) is 33.1 Å². The average molecular weight is 332 g/mol. The first-order valence-electron chi connectivity index (χ1n) is 8.32. The summed E-state index contributed by atoms with van der Waals surface area (Å²) in [4.78, 5) is 40.4. The Labute approximate surface area is 139 Å². The van der Waals surface area contributed by atoms with Gasteiger partial charge in [-0.25, -0.2) is 4.79 Å². The van der Waals surface area contributed by atoms with Gasteiger partial charge in [0.15, 0.2) is 0 Å². The number of carbonyl (C=O) groups is 3. The summed E-state index contributed by atoms with van der Waals surface area (Å²) in [6.45, 7) is 4.21. The van der Waals surface area contributed by atoms with Crippen molar-refractivity contribution in [3.63, 3.8) is 0 Å². The van der Waals surface area contributed by atoms with E-state index in [0.29, 0.717) is 30.1 Å². The minimum Gasteiger partial charge on any atom is -0.364 e. The highest BCUT2D eigenvalue weighted by atomic mass is 16.5. The van der Waals surface area contributed by atoms with Crippen LogP contribution in [0.15, 0.2) is 10.8 Å². The highest BCUT2D eigenvalue weighted by Gasteiger charge is 2.56. The Kier molecular flexibility index (Phi) is 3.20. The Hall–Kier alpha value is -2.38. The lowest BCUT2D eigenvalue weighted by Gasteiger charge is -2.23. The molecule has 0 bridgehead atoms. The number of hydrogen-bond acceptors (Lipinski definition) is 5. The number of imide groups is 1. The minimum atomic E-state index is -0.992. The normalized spacial score (nSPS) is 26.8. The standard InChI is InChI=1S/C16H20N4O4/c1-9(2)20-14(22)16(17-15(20)23)5-6-19(8-16)13(21)11-7-24-18-12(11)10-3-4-10/h7,9-10H,3-6,8H2,1-2H3,(H,17,23). The SMILES string of the molecule is CC(C)N1C(=O)NC2(CCN(C(=O)c3conc3C3CC3)C2)C1=O. The molecule has 1 atom stereocenters. The molecule has 1 unspecified atom stereocenters. The first kappa shape index (κ1) is 15.2. The fourth-order valence-corrected chi connectivity index (χ4v) is 3.60. The Morgan fingerprint density at radius 1 is 1.42 bits per heavy atom. The largest absolute Gasteiger partial charge is 0.364 e. The van der Waals surface area contributed by atoms with Gasteiger partial charge in [0.25, 0.3) is 11.8 Å². The lowest BCUT2D eigenvalue weighted by molar-refractivity contribution is -0.131. The van der Waals surface area contributed by atoms with Crippen LogP contribution < -0.4 is 5.32 Å². The van der Waals surface area contributed by atoms with Crippen LogP contribution in [0.4, 0.5) is 4.79 Å². The Morgan fingerprint density at radius 3 is 2.79 bits per heavy atom. The molecule has 3 aliphatic rings. The van der Waals surface area contributed by atoms with Crippen molar-refractivity contribution in [3.05, 3.63) is 17.5 Å². The molecule has 128 valence electrons. The fraction of sp³-hybridized carbons (Fsp3) is 0.625. The molecule has 4 amide bonds. The molecule has 1 aromatic rings. The number of carbonyl (C=O) groups excluding carboxylic acids is 3. The molecule has 4 rings (SSSR count). The highest BCUT2D eigenvalue weighted by Crippen LogP contribution is 2.41. The Balaban J connectivity index is 1.54. The molecule has 1 aliphatic carbocycles. The maximum absolute atomic E-state index is 12.8. The van der Waals surface area contributed by atoms with Gasteiger partial charge in [-0.1, -0.05) is 5.16 Å². The number of hydrogen-bond donors (Lipinski definition) is 1. The lowest BCUT2D eigenvalue weighted by Crippen LogP contribution is -2.50. The predicted octanol–water partition coefficient (Wildman–Crippen LogP) is 1.10. The van der Waals surface area contributed by atoms with Gasteiger partial charge in [0.1, 0.15) is 17.4 Å². The molecule has 3 fully saturated rings. The molecular formula is C16H20N4O4. The maximum Gasteiger partial charge on any atom is 0.325 e. The summed E-state index contributed by atoms with van der Waals surface area (Å²) in [6, 6.07) is -0.589. The van der Waals surface area contributed by atoms with Crippen molar-refractivity contribution in [1.82, 2.24) is 20.3 Å². The van der Waals surface area contributed by atoms with Crippen LogP contribution in [0, 0.1) is 0 Å². The van der Waals surface area contributed by atoms with E-state index in [9.17, 15) is 14.4 Å². The van der Waals surface area contributed by atoms with E-state index < -0.39 is 5.54 Å². The molecule has 1 saturated carbocycles. The topological polar surface area (TPSA) is 95.8 Å². The third kappa shape index (κ3) is 2.12. The molecule has 8 nitrogen and oxygen atoms in total. The summed E-state index contributed by atoms with van der Waals surface area (Å²) in [5.74, 6) is -0.117. The van der Waals surface area contributed by atoms with E-state index in [-0.39, 0.29) is 30.4 Å². The molecule has 3 heterocycles. The summed E-state index contributed by atoms with van der Waals surface area (Å²) < 4.78 is 4.99. The van der Waals surface area contributed by atoms with Crippen molar-refractivity contribution in [1.29, 1.82) is 0 Å². The van der Waals surface area contributed by atoms with Crippen LogP contribution in [-0.4, -0.2) is 57.5 Å². The zero-order valence-corrected chi connectivity index (χ0v) is 13.7. The second-order valence-corrected chi connectivity index (χ2v) is 7.15. The van der Waals surface area contributed by atoms with E-state index in [4.69, 9.17) is 4.52 Å². The zero-order valence-electron chi connectivity index (χ0n) is 13.7. The molecule has 8 heteroatoms. The number of nitrogens with zero attached hydrogens (tertiary/aromatic N) is 3. The number of amides is 4. The molecule has 1 N–H and O–H groups in total. The quantitative estimate of drug-likeness (QED) is 0.836. The van der Waals surface area contributed by atoms with Gasteiger partial charge in [-0.2, -0.15) is 0 Å². The Morgan fingerprint density at radius 2 is 2.17 bits per heavy atom. The molecule has 2 saturated heterocycles. The highest BCUT2D eigenvalue weighted by molar-refractivity contribution is 6.08. The van der Waals surface area contributed by atoms with Crippen LogP contribution in [0.5, 0.6) is 0 Å². The number of nitrogens with one attached hydrogen (secondary N) is 1. The van der Waals surface area contributed by atoms with Crippen LogP contribution in [0.3, 0.4) is 0 Å².